The summed E-state index contributed by atoms with van der Waals surface area (Å²) >= 11 is 0. The van der Waals surface area contributed by atoms with Crippen LogP contribution in [0.15, 0.2) is 48.5 Å². The van der Waals surface area contributed by atoms with Gasteiger partial charge in [0.2, 0.25) is 15.9 Å². The lowest BCUT2D eigenvalue weighted by atomic mass is 10.0. The van der Waals surface area contributed by atoms with E-state index in [1.807, 2.05) is 6.07 Å². The summed E-state index contributed by atoms with van der Waals surface area (Å²) in [7, 11) is -3.58. The lowest BCUT2D eigenvalue weighted by Gasteiger charge is -2.18. The van der Waals surface area contributed by atoms with Crippen molar-refractivity contribution in [2.45, 2.75) is 12.5 Å². The van der Waals surface area contributed by atoms with Gasteiger partial charge in [0, 0.05) is 12.1 Å². The maximum Gasteiger partial charge on any atom is 0.226 e. The Kier molecular flexibility index (Phi) is 5.85. The van der Waals surface area contributed by atoms with Crippen LogP contribution >= 0.6 is 0 Å². The second kappa shape index (κ2) is 7.88. The van der Waals surface area contributed by atoms with E-state index in [0.717, 1.165) is 6.26 Å². The van der Waals surface area contributed by atoms with Gasteiger partial charge in [-0.3, -0.25) is 4.79 Å². The molecule has 0 aromatic heterocycles. The van der Waals surface area contributed by atoms with Gasteiger partial charge in [-0.1, -0.05) is 18.2 Å². The van der Waals surface area contributed by atoms with Gasteiger partial charge in [0.25, 0.3) is 0 Å². The summed E-state index contributed by atoms with van der Waals surface area (Å²) in [6.45, 7) is 0. The number of anilines is 1. The predicted molar refractivity (Wildman–Crippen MR) is 91.5 cm³/mol. The number of amides is 1. The number of carbonyl (C=O) groups excluding carboxylic acids is 1. The molecule has 0 fully saturated rings. The van der Waals surface area contributed by atoms with Crippen LogP contribution in [0, 0.1) is 17.1 Å². The third-order valence-corrected chi connectivity index (χ3v) is 4.01. The Hall–Kier alpha value is -2.76. The molecule has 0 bridgehead atoms. The first-order chi connectivity index (χ1) is 11.8. The van der Waals surface area contributed by atoms with Crippen LogP contribution in [-0.4, -0.2) is 20.6 Å². The SMILES string of the molecule is CS(=O)(=O)N[C@@H](CC(=O)Nc1cccc(C#N)c1)c1ccc(F)cc1. The summed E-state index contributed by atoms with van der Waals surface area (Å²) in [6.07, 6.45) is 0.799. The Morgan fingerprint density at radius 2 is 1.92 bits per heavy atom. The summed E-state index contributed by atoms with van der Waals surface area (Å²) in [5.74, 6) is -0.903. The number of hydrogen-bond donors (Lipinski definition) is 2. The van der Waals surface area contributed by atoms with Crippen LogP contribution in [0.25, 0.3) is 0 Å². The van der Waals surface area contributed by atoms with Crippen LogP contribution in [0.5, 0.6) is 0 Å². The molecule has 0 aliphatic rings. The smallest absolute Gasteiger partial charge is 0.226 e. The summed E-state index contributed by atoms with van der Waals surface area (Å²) < 4.78 is 38.5. The van der Waals surface area contributed by atoms with Gasteiger partial charge in [0.1, 0.15) is 5.82 Å². The molecule has 0 saturated carbocycles. The van der Waals surface area contributed by atoms with Gasteiger partial charge in [-0.05, 0) is 35.9 Å². The van der Waals surface area contributed by atoms with Crippen LogP contribution in [0.4, 0.5) is 10.1 Å². The Balaban J connectivity index is 2.16. The van der Waals surface area contributed by atoms with E-state index in [2.05, 4.69) is 10.0 Å². The quantitative estimate of drug-likeness (QED) is 0.825. The van der Waals surface area contributed by atoms with Crippen LogP contribution in [-0.2, 0) is 14.8 Å². The van der Waals surface area contributed by atoms with Gasteiger partial charge in [0.15, 0.2) is 0 Å². The number of sulfonamides is 1. The molecule has 0 aliphatic carbocycles. The second-order valence-corrected chi connectivity index (χ2v) is 7.22. The highest BCUT2D eigenvalue weighted by atomic mass is 32.2. The molecule has 0 aliphatic heterocycles. The average Bonchev–Trinajstić information content (AvgIpc) is 2.53. The summed E-state index contributed by atoms with van der Waals surface area (Å²) in [5.41, 5.74) is 1.29. The fourth-order valence-corrected chi connectivity index (χ4v) is 2.98. The molecular weight excluding hydrogens is 345 g/mol. The van der Waals surface area contributed by atoms with Crippen molar-refractivity contribution in [2.75, 3.05) is 11.6 Å². The van der Waals surface area contributed by atoms with Crippen molar-refractivity contribution in [1.29, 1.82) is 5.26 Å². The Morgan fingerprint density at radius 1 is 1.24 bits per heavy atom. The molecule has 0 unspecified atom stereocenters. The molecule has 130 valence electrons. The van der Waals surface area contributed by atoms with E-state index in [0.29, 0.717) is 16.8 Å². The van der Waals surface area contributed by atoms with E-state index in [1.165, 1.54) is 30.3 Å². The van der Waals surface area contributed by atoms with Crippen molar-refractivity contribution < 1.29 is 17.6 Å². The van der Waals surface area contributed by atoms with Gasteiger partial charge >= 0.3 is 0 Å². The molecule has 0 spiro atoms. The molecule has 2 aromatic rings. The lowest BCUT2D eigenvalue weighted by Crippen LogP contribution is -2.30. The number of carbonyl (C=O) groups is 1. The van der Waals surface area contributed by atoms with Crippen molar-refractivity contribution in [3.63, 3.8) is 0 Å². The number of hydrogen-bond acceptors (Lipinski definition) is 4. The Bertz CT molecular complexity index is 905. The predicted octanol–water partition coefficient (Wildman–Crippen LogP) is 2.32. The monoisotopic (exact) mass is 361 g/mol. The number of nitrogens with zero attached hydrogens (tertiary/aromatic N) is 1. The first-order valence-electron chi connectivity index (χ1n) is 7.29. The topological polar surface area (TPSA) is 99.1 Å². The largest absolute Gasteiger partial charge is 0.326 e. The molecule has 1 atom stereocenters. The van der Waals surface area contributed by atoms with Crippen LogP contribution in [0.3, 0.4) is 0 Å². The van der Waals surface area contributed by atoms with Gasteiger partial charge in [-0.25, -0.2) is 17.5 Å². The third kappa shape index (κ3) is 5.99. The highest BCUT2D eigenvalue weighted by molar-refractivity contribution is 7.88. The average molecular weight is 361 g/mol. The van der Waals surface area contributed by atoms with E-state index in [9.17, 15) is 17.6 Å². The summed E-state index contributed by atoms with van der Waals surface area (Å²) in [5, 5.41) is 11.5. The van der Waals surface area contributed by atoms with Crippen molar-refractivity contribution in [3.05, 3.63) is 65.5 Å². The first-order valence-corrected chi connectivity index (χ1v) is 9.19. The van der Waals surface area contributed by atoms with Gasteiger partial charge in [-0.2, -0.15) is 5.26 Å². The minimum Gasteiger partial charge on any atom is -0.326 e. The summed E-state index contributed by atoms with van der Waals surface area (Å²) in [4.78, 5) is 12.2. The number of nitriles is 1. The zero-order valence-corrected chi connectivity index (χ0v) is 14.2. The van der Waals surface area contributed by atoms with Crippen molar-refractivity contribution >= 4 is 21.6 Å². The lowest BCUT2D eigenvalue weighted by molar-refractivity contribution is -0.116. The molecule has 0 heterocycles. The molecule has 2 aromatic carbocycles. The Morgan fingerprint density at radius 3 is 2.52 bits per heavy atom. The maximum atomic E-state index is 13.1. The van der Waals surface area contributed by atoms with Crippen molar-refractivity contribution in [3.8, 4) is 6.07 Å². The van der Waals surface area contributed by atoms with E-state index in [4.69, 9.17) is 5.26 Å². The van der Waals surface area contributed by atoms with E-state index in [-0.39, 0.29) is 6.42 Å². The third-order valence-electron chi connectivity index (χ3n) is 3.29. The minimum absolute atomic E-state index is 0.185. The molecule has 6 nitrogen and oxygen atoms in total. The van der Waals surface area contributed by atoms with E-state index >= 15 is 0 Å². The first kappa shape index (κ1) is 18.6. The molecule has 0 radical (unpaired) electrons. The fraction of sp³-hybridized carbons (Fsp3) is 0.176. The standard InChI is InChI=1S/C17H16FN3O3S/c1-25(23,24)21-16(13-5-7-14(18)8-6-13)10-17(22)20-15-4-2-3-12(9-15)11-19/h2-9,16,21H,10H2,1H3,(H,20,22)/t16-/m0/s1. The van der Waals surface area contributed by atoms with E-state index < -0.39 is 27.8 Å². The van der Waals surface area contributed by atoms with Gasteiger partial charge < -0.3 is 5.32 Å². The fourth-order valence-electron chi connectivity index (χ4n) is 2.24. The molecule has 1 amide bonds. The van der Waals surface area contributed by atoms with E-state index in [1.54, 1.807) is 18.2 Å². The summed E-state index contributed by atoms with van der Waals surface area (Å²) in [6, 6.07) is 12.7. The maximum absolute atomic E-state index is 13.1. The van der Waals surface area contributed by atoms with Gasteiger partial charge in [0.05, 0.1) is 23.9 Å². The van der Waals surface area contributed by atoms with Crippen LogP contribution < -0.4 is 10.0 Å². The van der Waals surface area contributed by atoms with Crippen LogP contribution in [0.1, 0.15) is 23.6 Å². The van der Waals surface area contributed by atoms with Crippen molar-refractivity contribution in [1.82, 2.24) is 4.72 Å². The highest BCUT2D eigenvalue weighted by Gasteiger charge is 2.20. The number of halogens is 1. The molecule has 25 heavy (non-hydrogen) atoms. The number of rotatable bonds is 6. The highest BCUT2D eigenvalue weighted by Crippen LogP contribution is 2.20. The minimum atomic E-state index is -3.58. The molecular formula is C17H16FN3O3S. The molecule has 8 heteroatoms. The van der Waals surface area contributed by atoms with Gasteiger partial charge in [-0.15, -0.1) is 0 Å². The Labute approximate surface area is 145 Å². The molecule has 2 rings (SSSR count). The molecule has 2 N–H and O–H groups in total. The zero-order chi connectivity index (χ0) is 18.4. The van der Waals surface area contributed by atoms with Crippen molar-refractivity contribution in [2.24, 2.45) is 0 Å². The second-order valence-electron chi connectivity index (χ2n) is 5.44. The molecule has 0 saturated heterocycles. The normalized spacial score (nSPS) is 12.2. The number of benzene rings is 2. The zero-order valence-electron chi connectivity index (χ0n) is 13.4. The van der Waals surface area contributed by atoms with Crippen LogP contribution in [0.2, 0.25) is 0 Å². The number of nitrogens with one attached hydrogen (secondary N) is 2.